The molecular weight excluding hydrogens is 272 g/mol. The molecule has 112 valence electrons. The van der Waals surface area contributed by atoms with Crippen molar-refractivity contribution < 1.29 is 8.42 Å². The van der Waals surface area contributed by atoms with Crippen LogP contribution in [0.4, 0.5) is 0 Å². The lowest BCUT2D eigenvalue weighted by atomic mass is 9.80. The molecule has 1 unspecified atom stereocenters. The Balaban J connectivity index is 2.23. The van der Waals surface area contributed by atoms with E-state index in [-0.39, 0.29) is 5.41 Å². The Morgan fingerprint density at radius 1 is 1.35 bits per heavy atom. The van der Waals surface area contributed by atoms with Crippen molar-refractivity contribution >= 4 is 10.0 Å². The molecule has 5 heteroatoms. The minimum atomic E-state index is -3.39. The average molecular weight is 296 g/mol. The molecule has 0 spiro atoms. The van der Waals surface area contributed by atoms with Gasteiger partial charge in [-0.15, -0.1) is 0 Å². The molecular formula is C15H24N2O2S. The maximum Gasteiger partial charge on any atom is 0.243 e. The standard InChI is InChI=1S/C15H24N2O2S/c1-15(2,3)13-7-8-17(11-13)20(18,19)14-6-4-5-12(9-14)10-16/h4-6,9,13H,7-8,10-11,16H2,1-3H3. The van der Waals surface area contributed by atoms with Crippen molar-refractivity contribution in [2.45, 2.75) is 38.6 Å². The van der Waals surface area contributed by atoms with Crippen molar-refractivity contribution in [3.05, 3.63) is 29.8 Å². The maximum atomic E-state index is 12.7. The molecule has 2 N–H and O–H groups in total. The first-order valence-corrected chi connectivity index (χ1v) is 8.48. The zero-order valence-electron chi connectivity index (χ0n) is 12.5. The Morgan fingerprint density at radius 2 is 2.05 bits per heavy atom. The maximum absolute atomic E-state index is 12.7. The lowest BCUT2D eigenvalue weighted by molar-refractivity contribution is 0.252. The molecule has 20 heavy (non-hydrogen) atoms. The topological polar surface area (TPSA) is 63.4 Å². The molecule has 1 heterocycles. The Bertz CT molecular complexity index is 576. The largest absolute Gasteiger partial charge is 0.326 e. The van der Waals surface area contributed by atoms with E-state index in [1.165, 1.54) is 0 Å². The summed E-state index contributed by atoms with van der Waals surface area (Å²) in [5.41, 5.74) is 6.57. The third kappa shape index (κ3) is 3.05. The number of hydrogen-bond donors (Lipinski definition) is 1. The number of hydrogen-bond acceptors (Lipinski definition) is 3. The molecule has 1 aliphatic rings. The molecule has 0 bridgehead atoms. The second kappa shape index (κ2) is 5.47. The predicted molar refractivity (Wildman–Crippen MR) is 80.7 cm³/mol. The van der Waals surface area contributed by atoms with Crippen LogP contribution in [0.5, 0.6) is 0 Å². The summed E-state index contributed by atoms with van der Waals surface area (Å²) in [6.07, 6.45) is 0.930. The summed E-state index contributed by atoms with van der Waals surface area (Å²) in [6.45, 7) is 8.08. The number of nitrogens with two attached hydrogens (primary N) is 1. The van der Waals surface area contributed by atoms with Gasteiger partial charge < -0.3 is 5.73 Å². The van der Waals surface area contributed by atoms with Crippen molar-refractivity contribution in [1.82, 2.24) is 4.31 Å². The van der Waals surface area contributed by atoms with Gasteiger partial charge in [-0.1, -0.05) is 32.9 Å². The van der Waals surface area contributed by atoms with Gasteiger partial charge in [-0.3, -0.25) is 0 Å². The van der Waals surface area contributed by atoms with E-state index in [9.17, 15) is 8.42 Å². The van der Waals surface area contributed by atoms with Crippen LogP contribution < -0.4 is 5.73 Å². The molecule has 0 aliphatic carbocycles. The zero-order chi connectivity index (χ0) is 15.0. The fourth-order valence-corrected chi connectivity index (χ4v) is 4.21. The molecule has 0 amide bonds. The highest BCUT2D eigenvalue weighted by Gasteiger charge is 2.37. The normalized spacial score (nSPS) is 21.3. The van der Waals surface area contributed by atoms with Gasteiger partial charge in [0.05, 0.1) is 4.90 Å². The number of rotatable bonds is 3. The van der Waals surface area contributed by atoms with E-state index in [1.54, 1.807) is 22.5 Å². The first-order chi connectivity index (χ1) is 9.25. The summed E-state index contributed by atoms with van der Waals surface area (Å²) in [7, 11) is -3.39. The lowest BCUT2D eigenvalue weighted by Crippen LogP contribution is -2.31. The van der Waals surface area contributed by atoms with E-state index in [0.29, 0.717) is 30.4 Å². The monoisotopic (exact) mass is 296 g/mol. The van der Waals surface area contributed by atoms with Crippen LogP contribution in [-0.2, 0) is 16.6 Å². The van der Waals surface area contributed by atoms with Crippen LogP contribution in [0.25, 0.3) is 0 Å². The van der Waals surface area contributed by atoms with Gasteiger partial charge in [0.15, 0.2) is 0 Å². The highest BCUT2D eigenvalue weighted by atomic mass is 32.2. The third-order valence-corrected chi connectivity index (χ3v) is 6.01. The van der Waals surface area contributed by atoms with Crippen LogP contribution in [0.2, 0.25) is 0 Å². The molecule has 1 aromatic rings. The van der Waals surface area contributed by atoms with Gasteiger partial charge in [0.25, 0.3) is 0 Å². The molecule has 1 atom stereocenters. The Labute approximate surface area is 122 Å². The van der Waals surface area contributed by atoms with Gasteiger partial charge in [0.1, 0.15) is 0 Å². The Morgan fingerprint density at radius 3 is 2.60 bits per heavy atom. The molecule has 1 aromatic carbocycles. The van der Waals surface area contributed by atoms with E-state index in [1.807, 2.05) is 6.07 Å². The van der Waals surface area contributed by atoms with Crippen LogP contribution in [0, 0.1) is 11.3 Å². The molecule has 1 saturated heterocycles. The summed E-state index contributed by atoms with van der Waals surface area (Å²) in [5, 5.41) is 0. The van der Waals surface area contributed by atoms with Crippen LogP contribution in [0.1, 0.15) is 32.8 Å². The van der Waals surface area contributed by atoms with Gasteiger partial charge in [-0.05, 0) is 35.4 Å². The lowest BCUT2D eigenvalue weighted by Gasteiger charge is -2.26. The van der Waals surface area contributed by atoms with Gasteiger partial charge >= 0.3 is 0 Å². The van der Waals surface area contributed by atoms with E-state index in [2.05, 4.69) is 20.8 Å². The van der Waals surface area contributed by atoms with Crippen LogP contribution in [-0.4, -0.2) is 25.8 Å². The molecule has 1 fully saturated rings. The number of benzene rings is 1. The van der Waals surface area contributed by atoms with Gasteiger partial charge in [-0.2, -0.15) is 4.31 Å². The van der Waals surface area contributed by atoms with Gasteiger partial charge in [-0.25, -0.2) is 8.42 Å². The Hall–Kier alpha value is -0.910. The molecule has 4 nitrogen and oxygen atoms in total. The fourth-order valence-electron chi connectivity index (χ4n) is 2.64. The minimum Gasteiger partial charge on any atom is -0.326 e. The van der Waals surface area contributed by atoms with Crippen molar-refractivity contribution in [3.8, 4) is 0 Å². The van der Waals surface area contributed by atoms with Gasteiger partial charge in [0.2, 0.25) is 10.0 Å². The van der Waals surface area contributed by atoms with Crippen LogP contribution in [0.15, 0.2) is 29.2 Å². The van der Waals surface area contributed by atoms with Crippen molar-refractivity contribution in [2.24, 2.45) is 17.1 Å². The summed E-state index contributed by atoms with van der Waals surface area (Å²) < 4.78 is 26.9. The number of nitrogens with zero attached hydrogens (tertiary/aromatic N) is 1. The van der Waals surface area contributed by atoms with Crippen molar-refractivity contribution in [1.29, 1.82) is 0 Å². The van der Waals surface area contributed by atoms with E-state index < -0.39 is 10.0 Å². The fraction of sp³-hybridized carbons (Fsp3) is 0.600. The molecule has 0 aromatic heterocycles. The van der Waals surface area contributed by atoms with Crippen molar-refractivity contribution in [2.75, 3.05) is 13.1 Å². The van der Waals surface area contributed by atoms with Gasteiger partial charge in [0, 0.05) is 19.6 Å². The average Bonchev–Trinajstić information content (AvgIpc) is 2.89. The summed E-state index contributed by atoms with van der Waals surface area (Å²) in [5.74, 6) is 0.412. The van der Waals surface area contributed by atoms with Crippen LogP contribution >= 0.6 is 0 Å². The predicted octanol–water partition coefficient (Wildman–Crippen LogP) is 2.20. The molecule has 0 saturated carbocycles. The quantitative estimate of drug-likeness (QED) is 0.930. The number of sulfonamides is 1. The third-order valence-electron chi connectivity index (χ3n) is 4.15. The Kier molecular flexibility index (Phi) is 4.23. The summed E-state index contributed by atoms with van der Waals surface area (Å²) >= 11 is 0. The zero-order valence-corrected chi connectivity index (χ0v) is 13.3. The first kappa shape index (κ1) is 15.5. The molecule has 2 rings (SSSR count). The summed E-state index contributed by atoms with van der Waals surface area (Å²) in [6, 6.07) is 6.94. The van der Waals surface area contributed by atoms with E-state index in [0.717, 1.165) is 12.0 Å². The molecule has 0 radical (unpaired) electrons. The highest BCUT2D eigenvalue weighted by Crippen LogP contribution is 2.35. The van der Waals surface area contributed by atoms with E-state index >= 15 is 0 Å². The first-order valence-electron chi connectivity index (χ1n) is 7.04. The van der Waals surface area contributed by atoms with Crippen molar-refractivity contribution in [3.63, 3.8) is 0 Å². The van der Waals surface area contributed by atoms with E-state index in [4.69, 9.17) is 5.73 Å². The summed E-state index contributed by atoms with van der Waals surface area (Å²) in [4.78, 5) is 0.356. The minimum absolute atomic E-state index is 0.142. The van der Waals surface area contributed by atoms with Crippen LogP contribution in [0.3, 0.4) is 0 Å². The smallest absolute Gasteiger partial charge is 0.243 e. The SMILES string of the molecule is CC(C)(C)C1CCN(S(=O)(=O)c2cccc(CN)c2)C1. The molecule has 1 aliphatic heterocycles. The second-order valence-corrected chi connectivity index (χ2v) is 8.50. The highest BCUT2D eigenvalue weighted by molar-refractivity contribution is 7.89. The second-order valence-electron chi connectivity index (χ2n) is 6.57.